The summed E-state index contributed by atoms with van der Waals surface area (Å²) >= 11 is 1.37. The van der Waals surface area contributed by atoms with Crippen molar-refractivity contribution in [3.05, 3.63) is 129 Å². The molecule has 1 aliphatic heterocycles. The first kappa shape index (κ1) is 26.8. The van der Waals surface area contributed by atoms with E-state index in [0.717, 1.165) is 18.7 Å². The molecule has 39 heavy (non-hydrogen) atoms. The number of amides is 1. The number of piperazine rings is 1. The average molecular weight is 543 g/mol. The minimum Gasteiger partial charge on any atom is -0.340 e. The first-order valence-electron chi connectivity index (χ1n) is 13.1. The molecule has 6 nitrogen and oxygen atoms in total. The fourth-order valence-electron chi connectivity index (χ4n) is 4.97. The predicted octanol–water partition coefficient (Wildman–Crippen LogP) is 4.99. The minimum atomic E-state index is -0.288. The van der Waals surface area contributed by atoms with Crippen molar-refractivity contribution in [3.63, 3.8) is 0 Å². The first-order valence-corrected chi connectivity index (χ1v) is 14.1. The summed E-state index contributed by atoms with van der Waals surface area (Å²) in [6.07, 6.45) is 0.0257. The van der Waals surface area contributed by atoms with Crippen LogP contribution in [-0.4, -0.2) is 51.9 Å². The van der Waals surface area contributed by atoms with Gasteiger partial charge < -0.3 is 9.88 Å². The van der Waals surface area contributed by atoms with E-state index in [9.17, 15) is 14.0 Å². The SMILES string of the molecule is Cc1nc(SCc2ccc(F)cc2)[nH]c(=O)c1CC(=O)N1CCN(C(c2ccccc2)c2ccccc2)CC1. The lowest BCUT2D eigenvalue weighted by molar-refractivity contribution is -0.132. The zero-order chi connectivity index (χ0) is 27.2. The van der Waals surface area contributed by atoms with E-state index in [1.54, 1.807) is 19.1 Å². The van der Waals surface area contributed by atoms with Gasteiger partial charge in [-0.05, 0) is 35.7 Å². The van der Waals surface area contributed by atoms with Crippen LogP contribution in [0, 0.1) is 12.7 Å². The molecule has 0 atom stereocenters. The molecular weight excluding hydrogens is 511 g/mol. The molecule has 1 amide bonds. The number of nitrogens with one attached hydrogen (secondary N) is 1. The van der Waals surface area contributed by atoms with Crippen molar-refractivity contribution in [2.45, 2.75) is 30.3 Å². The van der Waals surface area contributed by atoms with Crippen molar-refractivity contribution in [2.24, 2.45) is 0 Å². The maximum Gasteiger partial charge on any atom is 0.255 e. The Labute approximate surface area is 231 Å². The van der Waals surface area contributed by atoms with Crippen LogP contribution < -0.4 is 5.56 Å². The molecule has 3 aromatic carbocycles. The number of hydrogen-bond acceptors (Lipinski definition) is 5. The summed E-state index contributed by atoms with van der Waals surface area (Å²) in [6.45, 7) is 4.46. The number of carbonyl (C=O) groups is 1. The van der Waals surface area contributed by atoms with Gasteiger partial charge in [0.1, 0.15) is 5.82 Å². The van der Waals surface area contributed by atoms with E-state index in [-0.39, 0.29) is 29.7 Å². The van der Waals surface area contributed by atoms with Gasteiger partial charge in [0.25, 0.3) is 5.56 Å². The van der Waals surface area contributed by atoms with Crippen LogP contribution in [-0.2, 0) is 17.0 Å². The smallest absolute Gasteiger partial charge is 0.255 e. The normalized spacial score (nSPS) is 14.1. The van der Waals surface area contributed by atoms with E-state index in [1.165, 1.54) is 35.0 Å². The molecule has 200 valence electrons. The number of halogens is 1. The molecule has 0 bridgehead atoms. The van der Waals surface area contributed by atoms with Crippen molar-refractivity contribution in [2.75, 3.05) is 26.2 Å². The number of aryl methyl sites for hydroxylation is 1. The molecule has 0 unspecified atom stereocenters. The molecule has 5 rings (SSSR count). The van der Waals surface area contributed by atoms with E-state index in [4.69, 9.17) is 0 Å². The van der Waals surface area contributed by atoms with Gasteiger partial charge in [-0.15, -0.1) is 0 Å². The molecule has 1 fully saturated rings. The van der Waals surface area contributed by atoms with Crippen LogP contribution in [0.2, 0.25) is 0 Å². The molecule has 0 saturated carbocycles. The van der Waals surface area contributed by atoms with E-state index >= 15 is 0 Å². The van der Waals surface area contributed by atoms with Gasteiger partial charge in [-0.2, -0.15) is 0 Å². The Morgan fingerprint density at radius 1 is 0.923 bits per heavy atom. The number of thioether (sulfide) groups is 1. The number of hydrogen-bond donors (Lipinski definition) is 1. The topological polar surface area (TPSA) is 69.3 Å². The second-order valence-electron chi connectivity index (χ2n) is 9.67. The molecule has 1 aliphatic rings. The Morgan fingerprint density at radius 2 is 1.51 bits per heavy atom. The molecule has 2 heterocycles. The van der Waals surface area contributed by atoms with Crippen LogP contribution in [0.4, 0.5) is 4.39 Å². The zero-order valence-electron chi connectivity index (χ0n) is 21.8. The van der Waals surface area contributed by atoms with E-state index in [2.05, 4.69) is 63.4 Å². The second kappa shape index (κ2) is 12.4. The lowest BCUT2D eigenvalue weighted by Gasteiger charge is -2.39. The monoisotopic (exact) mass is 542 g/mol. The number of carbonyl (C=O) groups excluding carboxylic acids is 1. The summed E-state index contributed by atoms with van der Waals surface area (Å²) in [7, 11) is 0. The quantitative estimate of drug-likeness (QED) is 0.251. The van der Waals surface area contributed by atoms with Gasteiger partial charge in [-0.3, -0.25) is 14.5 Å². The minimum absolute atomic E-state index is 0.0257. The largest absolute Gasteiger partial charge is 0.340 e. The molecule has 4 aromatic rings. The highest BCUT2D eigenvalue weighted by Crippen LogP contribution is 2.29. The number of nitrogens with zero attached hydrogens (tertiary/aromatic N) is 3. The Kier molecular flexibility index (Phi) is 8.54. The molecule has 1 aromatic heterocycles. The number of H-pyrrole nitrogens is 1. The van der Waals surface area contributed by atoms with Crippen LogP contribution in [0.5, 0.6) is 0 Å². The molecule has 1 N–H and O–H groups in total. The highest BCUT2D eigenvalue weighted by molar-refractivity contribution is 7.98. The van der Waals surface area contributed by atoms with Crippen LogP contribution in [0.1, 0.15) is 34.0 Å². The molecule has 0 radical (unpaired) electrons. The number of aromatic amines is 1. The third kappa shape index (κ3) is 6.64. The van der Waals surface area contributed by atoms with Crippen molar-refractivity contribution in [3.8, 4) is 0 Å². The summed E-state index contributed by atoms with van der Waals surface area (Å²) in [5.41, 5.74) is 4.06. The summed E-state index contributed by atoms with van der Waals surface area (Å²) in [5.74, 6) is 0.208. The third-order valence-corrected chi connectivity index (χ3v) is 8.02. The summed E-state index contributed by atoms with van der Waals surface area (Å²) in [5, 5.41) is 0.486. The average Bonchev–Trinajstić information content (AvgIpc) is 2.96. The molecule has 1 saturated heterocycles. The van der Waals surface area contributed by atoms with Crippen molar-refractivity contribution < 1.29 is 9.18 Å². The Bertz CT molecular complexity index is 1410. The fraction of sp³-hybridized carbons (Fsp3) is 0.258. The van der Waals surface area contributed by atoms with Gasteiger partial charge >= 0.3 is 0 Å². The van der Waals surface area contributed by atoms with Gasteiger partial charge in [0.2, 0.25) is 5.91 Å². The molecule has 0 aliphatic carbocycles. The number of benzene rings is 3. The molecule has 0 spiro atoms. The fourth-order valence-corrected chi connectivity index (χ4v) is 5.83. The van der Waals surface area contributed by atoms with E-state index < -0.39 is 0 Å². The maximum atomic E-state index is 13.2. The van der Waals surface area contributed by atoms with Crippen LogP contribution in [0.15, 0.2) is 94.9 Å². The Balaban J connectivity index is 1.21. The maximum absolute atomic E-state index is 13.2. The Hall–Kier alpha value is -3.75. The molecule has 8 heteroatoms. The summed E-state index contributed by atoms with van der Waals surface area (Å²) in [6, 6.07) is 27.3. The van der Waals surface area contributed by atoms with Crippen LogP contribution in [0.3, 0.4) is 0 Å². The van der Waals surface area contributed by atoms with Crippen molar-refractivity contribution in [1.82, 2.24) is 19.8 Å². The Morgan fingerprint density at radius 3 is 2.08 bits per heavy atom. The standard InChI is InChI=1S/C31H31FN4O2S/c1-22-27(30(38)34-31(33-22)39-21-23-12-14-26(32)15-13-23)20-28(37)35-16-18-36(19-17-35)29(24-8-4-2-5-9-24)25-10-6-3-7-11-25/h2-15,29H,16-21H2,1H3,(H,33,34,38). The van der Waals surface area contributed by atoms with Crippen LogP contribution in [0.25, 0.3) is 0 Å². The second-order valence-corrected chi connectivity index (χ2v) is 10.6. The zero-order valence-corrected chi connectivity index (χ0v) is 22.7. The van der Waals surface area contributed by atoms with E-state index in [1.807, 2.05) is 17.0 Å². The lowest BCUT2D eigenvalue weighted by Crippen LogP contribution is -2.50. The van der Waals surface area contributed by atoms with Gasteiger partial charge in [-0.25, -0.2) is 9.37 Å². The predicted molar refractivity (Wildman–Crippen MR) is 152 cm³/mol. The van der Waals surface area contributed by atoms with Gasteiger partial charge in [0.05, 0.1) is 12.5 Å². The third-order valence-electron chi connectivity index (χ3n) is 7.08. The van der Waals surface area contributed by atoms with Crippen LogP contribution >= 0.6 is 11.8 Å². The summed E-state index contributed by atoms with van der Waals surface area (Å²) < 4.78 is 13.1. The highest BCUT2D eigenvalue weighted by Gasteiger charge is 2.28. The summed E-state index contributed by atoms with van der Waals surface area (Å²) in [4.78, 5) is 37.6. The first-order chi connectivity index (χ1) is 19.0. The van der Waals surface area contributed by atoms with Crippen molar-refractivity contribution >= 4 is 17.7 Å². The van der Waals surface area contributed by atoms with E-state index in [0.29, 0.717) is 35.3 Å². The number of rotatable bonds is 8. The molecular formula is C31H31FN4O2S. The lowest BCUT2D eigenvalue weighted by atomic mass is 9.96. The van der Waals surface area contributed by atoms with Gasteiger partial charge in [-0.1, -0.05) is 84.6 Å². The van der Waals surface area contributed by atoms with Gasteiger partial charge in [0, 0.05) is 43.2 Å². The van der Waals surface area contributed by atoms with Crippen molar-refractivity contribution in [1.29, 1.82) is 0 Å². The highest BCUT2D eigenvalue weighted by atomic mass is 32.2. The van der Waals surface area contributed by atoms with Gasteiger partial charge in [0.15, 0.2) is 5.16 Å². The number of aromatic nitrogens is 2.